The average molecular weight is 439 g/mol. The molecular weight excluding hydrogens is 408 g/mol. The molecule has 0 radical (unpaired) electrons. The predicted molar refractivity (Wildman–Crippen MR) is 116 cm³/mol. The second-order valence-corrected chi connectivity index (χ2v) is 9.82. The molecule has 0 spiro atoms. The summed E-state index contributed by atoms with van der Waals surface area (Å²) >= 11 is 0. The first-order chi connectivity index (χ1) is 15.5. The second kappa shape index (κ2) is 8.56. The van der Waals surface area contributed by atoms with Gasteiger partial charge in [0.15, 0.2) is 6.61 Å². The number of esters is 1. The first kappa shape index (κ1) is 21.0. The zero-order valence-corrected chi connectivity index (χ0v) is 18.4. The van der Waals surface area contributed by atoms with Crippen molar-refractivity contribution in [2.24, 2.45) is 17.8 Å². The number of aryl methyl sites for hydroxylation is 1. The molecule has 2 N–H and O–H groups in total. The van der Waals surface area contributed by atoms with Crippen molar-refractivity contribution in [2.75, 3.05) is 6.54 Å². The molecule has 170 valence electrons. The van der Waals surface area contributed by atoms with Gasteiger partial charge in [-0.2, -0.15) is 4.98 Å². The highest BCUT2D eigenvalue weighted by Gasteiger charge is 2.51. The molecule has 4 aliphatic rings. The zero-order chi connectivity index (χ0) is 22.1. The average Bonchev–Trinajstić information content (AvgIpc) is 3.20. The number of benzene rings is 1. The van der Waals surface area contributed by atoms with Crippen LogP contribution in [0.2, 0.25) is 0 Å². The summed E-state index contributed by atoms with van der Waals surface area (Å²) in [6, 6.07) is 7.55. The molecule has 8 heteroatoms. The van der Waals surface area contributed by atoms with E-state index in [-0.39, 0.29) is 37.0 Å². The van der Waals surface area contributed by atoms with Gasteiger partial charge in [0.25, 0.3) is 5.89 Å². The molecule has 4 bridgehead atoms. The van der Waals surface area contributed by atoms with Gasteiger partial charge in [0, 0.05) is 17.6 Å². The molecule has 2 amide bonds. The Balaban J connectivity index is 1.04. The molecule has 1 heterocycles. The van der Waals surface area contributed by atoms with Crippen LogP contribution < -0.4 is 10.6 Å². The normalized spacial score (nSPS) is 27.8. The molecule has 6 rings (SSSR count). The number of carbonyl (C=O) groups is 2. The van der Waals surface area contributed by atoms with Gasteiger partial charge in [0.05, 0.1) is 6.42 Å². The number of urea groups is 1. The quantitative estimate of drug-likeness (QED) is 0.638. The highest BCUT2D eigenvalue weighted by molar-refractivity contribution is 5.76. The lowest BCUT2D eigenvalue weighted by Crippen LogP contribution is -2.61. The Morgan fingerprint density at radius 1 is 1.12 bits per heavy atom. The maximum atomic E-state index is 12.4. The van der Waals surface area contributed by atoms with Gasteiger partial charge in [-0.1, -0.05) is 29.4 Å². The van der Waals surface area contributed by atoms with Crippen molar-refractivity contribution in [2.45, 2.75) is 64.0 Å². The van der Waals surface area contributed by atoms with Crippen LogP contribution in [0, 0.1) is 24.7 Å². The first-order valence-electron chi connectivity index (χ1n) is 11.6. The minimum atomic E-state index is -0.421. The summed E-state index contributed by atoms with van der Waals surface area (Å²) in [5, 5.41) is 10.0. The zero-order valence-electron chi connectivity index (χ0n) is 18.4. The third-order valence-electron chi connectivity index (χ3n) is 7.24. The maximum absolute atomic E-state index is 12.4. The summed E-state index contributed by atoms with van der Waals surface area (Å²) in [4.78, 5) is 28.8. The van der Waals surface area contributed by atoms with E-state index in [9.17, 15) is 9.59 Å². The standard InChI is InChI=1S/C24H30N4O4/c1-15-4-2-3-5-19(15)22-26-20(32-28-22)14-31-21(29)6-7-25-23(30)27-24-11-16-8-17(12-24)10-18(9-16)13-24/h2-5,16-18H,6-14H2,1H3,(H2,25,27,30). The second-order valence-electron chi connectivity index (χ2n) is 9.82. The third-order valence-corrected chi connectivity index (χ3v) is 7.24. The van der Waals surface area contributed by atoms with Crippen LogP contribution in [0.15, 0.2) is 28.8 Å². The molecule has 32 heavy (non-hydrogen) atoms. The number of carbonyl (C=O) groups excluding carboxylic acids is 2. The molecule has 4 aliphatic carbocycles. The minimum Gasteiger partial charge on any atom is -0.456 e. The van der Waals surface area contributed by atoms with Crippen molar-refractivity contribution in [1.82, 2.24) is 20.8 Å². The molecular formula is C24H30N4O4. The highest BCUT2D eigenvalue weighted by Crippen LogP contribution is 2.55. The SMILES string of the molecule is Cc1ccccc1-c1noc(COC(=O)CCNC(=O)NC23CC4CC(CC(C4)C2)C3)n1. The maximum Gasteiger partial charge on any atom is 0.315 e. The Bertz CT molecular complexity index is 966. The topological polar surface area (TPSA) is 106 Å². The van der Waals surface area contributed by atoms with Crippen LogP contribution >= 0.6 is 0 Å². The predicted octanol–water partition coefficient (Wildman–Crippen LogP) is 3.75. The van der Waals surface area contributed by atoms with E-state index in [0.29, 0.717) is 5.82 Å². The van der Waals surface area contributed by atoms with Gasteiger partial charge >= 0.3 is 12.0 Å². The Morgan fingerprint density at radius 3 is 2.50 bits per heavy atom. The van der Waals surface area contributed by atoms with Gasteiger partial charge in [-0.15, -0.1) is 0 Å². The van der Waals surface area contributed by atoms with Crippen molar-refractivity contribution in [3.63, 3.8) is 0 Å². The van der Waals surface area contributed by atoms with E-state index in [1.165, 1.54) is 19.3 Å². The molecule has 0 unspecified atom stereocenters. The monoisotopic (exact) mass is 438 g/mol. The van der Waals surface area contributed by atoms with Crippen molar-refractivity contribution >= 4 is 12.0 Å². The van der Waals surface area contributed by atoms with E-state index in [2.05, 4.69) is 20.8 Å². The Morgan fingerprint density at radius 2 is 1.81 bits per heavy atom. The number of ether oxygens (including phenoxy) is 1. The lowest BCUT2D eigenvalue weighted by molar-refractivity contribution is -0.145. The number of hydrogen-bond donors (Lipinski definition) is 2. The molecule has 4 fully saturated rings. The van der Waals surface area contributed by atoms with E-state index < -0.39 is 5.97 Å². The van der Waals surface area contributed by atoms with Crippen molar-refractivity contribution < 1.29 is 18.8 Å². The van der Waals surface area contributed by atoms with Crippen LogP contribution in [0.5, 0.6) is 0 Å². The van der Waals surface area contributed by atoms with Gasteiger partial charge in [-0.3, -0.25) is 4.79 Å². The summed E-state index contributed by atoms with van der Waals surface area (Å²) in [6.45, 7) is 2.12. The van der Waals surface area contributed by atoms with Gasteiger partial charge in [0.2, 0.25) is 5.82 Å². The van der Waals surface area contributed by atoms with E-state index in [0.717, 1.165) is 48.1 Å². The van der Waals surface area contributed by atoms with Crippen molar-refractivity contribution in [1.29, 1.82) is 0 Å². The van der Waals surface area contributed by atoms with Crippen LogP contribution in [-0.2, 0) is 16.1 Å². The fourth-order valence-electron chi connectivity index (χ4n) is 6.29. The summed E-state index contributed by atoms with van der Waals surface area (Å²) in [7, 11) is 0. The van der Waals surface area contributed by atoms with Crippen LogP contribution in [0.25, 0.3) is 11.4 Å². The summed E-state index contributed by atoms with van der Waals surface area (Å²) in [5.74, 6) is 2.60. The number of amides is 2. The van der Waals surface area contributed by atoms with Crippen LogP contribution in [0.4, 0.5) is 4.79 Å². The largest absolute Gasteiger partial charge is 0.456 e. The van der Waals surface area contributed by atoms with Crippen LogP contribution in [0.3, 0.4) is 0 Å². The van der Waals surface area contributed by atoms with Gasteiger partial charge in [-0.25, -0.2) is 4.79 Å². The van der Waals surface area contributed by atoms with E-state index >= 15 is 0 Å². The number of rotatable bonds is 7. The summed E-state index contributed by atoms with van der Waals surface area (Å²) < 4.78 is 10.4. The number of nitrogens with zero attached hydrogens (tertiary/aromatic N) is 2. The molecule has 1 aromatic heterocycles. The molecule has 0 atom stereocenters. The van der Waals surface area contributed by atoms with Crippen LogP contribution in [0.1, 0.15) is 56.4 Å². The number of hydrogen-bond acceptors (Lipinski definition) is 6. The Hall–Kier alpha value is -2.90. The summed E-state index contributed by atoms with van der Waals surface area (Å²) in [6.07, 6.45) is 7.39. The van der Waals surface area contributed by atoms with E-state index in [1.807, 2.05) is 31.2 Å². The van der Waals surface area contributed by atoms with Crippen LogP contribution in [-0.4, -0.2) is 34.2 Å². The lowest BCUT2D eigenvalue weighted by Gasteiger charge is -2.56. The van der Waals surface area contributed by atoms with Crippen molar-refractivity contribution in [3.05, 3.63) is 35.7 Å². The molecule has 4 saturated carbocycles. The smallest absolute Gasteiger partial charge is 0.315 e. The highest BCUT2D eigenvalue weighted by atomic mass is 16.6. The van der Waals surface area contributed by atoms with Gasteiger partial charge in [0.1, 0.15) is 0 Å². The fourth-order valence-corrected chi connectivity index (χ4v) is 6.29. The molecule has 2 aromatic rings. The molecule has 8 nitrogen and oxygen atoms in total. The lowest BCUT2D eigenvalue weighted by atomic mass is 9.53. The van der Waals surface area contributed by atoms with Gasteiger partial charge in [-0.05, 0) is 68.8 Å². The third kappa shape index (κ3) is 4.49. The molecule has 1 aromatic carbocycles. The Labute approximate surface area is 187 Å². The first-order valence-corrected chi connectivity index (χ1v) is 11.6. The summed E-state index contributed by atoms with van der Waals surface area (Å²) in [5.41, 5.74) is 1.88. The Kier molecular flexibility index (Phi) is 5.61. The van der Waals surface area contributed by atoms with E-state index in [4.69, 9.17) is 9.26 Å². The number of aromatic nitrogens is 2. The van der Waals surface area contributed by atoms with Gasteiger partial charge < -0.3 is 19.9 Å². The molecule has 0 aliphatic heterocycles. The molecule has 0 saturated heterocycles. The van der Waals surface area contributed by atoms with E-state index in [1.54, 1.807) is 0 Å². The fraction of sp³-hybridized carbons (Fsp3) is 0.583. The number of nitrogens with one attached hydrogen (secondary N) is 2. The minimum absolute atomic E-state index is 0.0356. The van der Waals surface area contributed by atoms with Crippen molar-refractivity contribution in [3.8, 4) is 11.4 Å².